The summed E-state index contributed by atoms with van der Waals surface area (Å²) in [6, 6.07) is 0. The number of carboxylic acid groups (broad SMARTS) is 2. The molecule has 7 nitrogen and oxygen atoms in total. The standard InChI is InChI=1S/C9H14N2O.C2H2O4/c1-2-5-12-10-9-7-11-4-3-8(9)6-11;3-1(4)2(5)6/h2,8H,1,3-7H2;(H,3,4)(H,5,6)/b10-9+;. The maximum Gasteiger partial charge on any atom is 0.414 e. The van der Waals surface area contributed by atoms with Crippen LogP contribution < -0.4 is 0 Å². The van der Waals surface area contributed by atoms with Crippen molar-refractivity contribution in [2.75, 3.05) is 26.2 Å². The topological polar surface area (TPSA) is 99.4 Å². The summed E-state index contributed by atoms with van der Waals surface area (Å²) >= 11 is 0. The van der Waals surface area contributed by atoms with E-state index >= 15 is 0 Å². The van der Waals surface area contributed by atoms with Gasteiger partial charge in [0.15, 0.2) is 0 Å². The van der Waals surface area contributed by atoms with Crippen molar-refractivity contribution in [2.45, 2.75) is 6.42 Å². The summed E-state index contributed by atoms with van der Waals surface area (Å²) in [4.78, 5) is 25.7. The molecule has 0 saturated carbocycles. The van der Waals surface area contributed by atoms with Crippen molar-refractivity contribution in [3.05, 3.63) is 12.7 Å². The van der Waals surface area contributed by atoms with Crippen LogP contribution in [0.1, 0.15) is 6.42 Å². The normalized spacial score (nSPS) is 26.3. The highest BCUT2D eigenvalue weighted by molar-refractivity contribution is 6.27. The lowest BCUT2D eigenvalue weighted by atomic mass is 10.0. The third kappa shape index (κ3) is 4.17. The average Bonchev–Trinajstić information content (AvgIpc) is 2.92. The first-order valence-corrected chi connectivity index (χ1v) is 5.52. The number of piperidine rings is 1. The molecule has 2 unspecified atom stereocenters. The number of oxime groups is 1. The Balaban J connectivity index is 0.000000232. The maximum absolute atomic E-state index is 9.10. The zero-order valence-corrected chi connectivity index (χ0v) is 9.91. The molecule has 0 radical (unpaired) electrons. The van der Waals surface area contributed by atoms with Gasteiger partial charge in [-0.15, -0.1) is 0 Å². The van der Waals surface area contributed by atoms with E-state index in [0.717, 1.165) is 6.54 Å². The number of nitrogens with zero attached hydrogens (tertiary/aromatic N) is 2. The number of hydrogen-bond acceptors (Lipinski definition) is 5. The molecule has 0 spiro atoms. The van der Waals surface area contributed by atoms with Gasteiger partial charge in [-0.1, -0.05) is 17.8 Å². The number of carbonyl (C=O) groups is 2. The van der Waals surface area contributed by atoms with Gasteiger partial charge in [-0.3, -0.25) is 4.90 Å². The Hall–Kier alpha value is -1.89. The van der Waals surface area contributed by atoms with Crippen LogP contribution in [0.15, 0.2) is 17.8 Å². The molecule has 0 aromatic rings. The van der Waals surface area contributed by atoms with Crippen molar-refractivity contribution in [2.24, 2.45) is 11.1 Å². The highest BCUT2D eigenvalue weighted by atomic mass is 16.6. The van der Waals surface area contributed by atoms with Crippen LogP contribution >= 0.6 is 0 Å². The third-order valence-corrected chi connectivity index (χ3v) is 2.69. The summed E-state index contributed by atoms with van der Waals surface area (Å²) in [5, 5.41) is 18.9. The molecule has 0 amide bonds. The van der Waals surface area contributed by atoms with Crippen LogP contribution in [-0.4, -0.2) is 59.0 Å². The van der Waals surface area contributed by atoms with E-state index in [0.29, 0.717) is 12.5 Å². The van der Waals surface area contributed by atoms with Gasteiger partial charge in [0.1, 0.15) is 6.61 Å². The van der Waals surface area contributed by atoms with Crippen molar-refractivity contribution in [1.82, 2.24) is 4.90 Å². The number of rotatable bonds is 3. The fourth-order valence-electron chi connectivity index (χ4n) is 1.88. The summed E-state index contributed by atoms with van der Waals surface area (Å²) in [7, 11) is 0. The van der Waals surface area contributed by atoms with Crippen LogP contribution in [0.5, 0.6) is 0 Å². The van der Waals surface area contributed by atoms with Gasteiger partial charge in [0.25, 0.3) is 0 Å². The minimum atomic E-state index is -1.82. The lowest BCUT2D eigenvalue weighted by molar-refractivity contribution is -0.159. The van der Waals surface area contributed by atoms with Gasteiger partial charge in [0.2, 0.25) is 0 Å². The van der Waals surface area contributed by atoms with E-state index < -0.39 is 11.9 Å². The highest BCUT2D eigenvalue weighted by Crippen LogP contribution is 2.25. The van der Waals surface area contributed by atoms with E-state index in [1.165, 1.54) is 25.2 Å². The molecule has 2 bridgehead atoms. The Bertz CT molecular complexity index is 354. The molecule has 100 valence electrons. The first-order chi connectivity index (χ1) is 8.54. The molecule has 2 fully saturated rings. The highest BCUT2D eigenvalue weighted by Gasteiger charge is 2.35. The molecule has 18 heavy (non-hydrogen) atoms. The number of aliphatic carboxylic acids is 2. The van der Waals surface area contributed by atoms with Crippen LogP contribution in [0.2, 0.25) is 0 Å². The van der Waals surface area contributed by atoms with Gasteiger partial charge < -0.3 is 15.1 Å². The number of fused-ring (bicyclic) bond motifs is 2. The molecule has 0 aromatic heterocycles. The minimum absolute atomic E-state index is 0.524. The Morgan fingerprint density at radius 2 is 2.17 bits per heavy atom. The number of carboxylic acids is 2. The monoisotopic (exact) mass is 256 g/mol. The fraction of sp³-hybridized carbons (Fsp3) is 0.545. The molecule has 2 atom stereocenters. The summed E-state index contributed by atoms with van der Waals surface area (Å²) in [5.74, 6) is -2.97. The molecule has 2 heterocycles. The second-order valence-electron chi connectivity index (χ2n) is 4.00. The van der Waals surface area contributed by atoms with Gasteiger partial charge in [0.05, 0.1) is 5.71 Å². The smallest absolute Gasteiger partial charge is 0.414 e. The lowest BCUT2D eigenvalue weighted by Crippen LogP contribution is -2.23. The Morgan fingerprint density at radius 3 is 2.56 bits per heavy atom. The van der Waals surface area contributed by atoms with E-state index in [1.54, 1.807) is 6.08 Å². The summed E-state index contributed by atoms with van der Waals surface area (Å²) in [6.45, 7) is 7.54. The molecule has 2 N–H and O–H groups in total. The zero-order chi connectivity index (χ0) is 13.5. The van der Waals surface area contributed by atoms with Crippen LogP contribution in [0.3, 0.4) is 0 Å². The molecule has 2 rings (SSSR count). The SMILES string of the molecule is C=CCO/N=C1\CN2CCC1C2.O=C(O)C(=O)O. The van der Waals surface area contributed by atoms with Crippen molar-refractivity contribution < 1.29 is 24.6 Å². The molecule has 2 saturated heterocycles. The van der Waals surface area contributed by atoms with Crippen molar-refractivity contribution in [1.29, 1.82) is 0 Å². The van der Waals surface area contributed by atoms with E-state index in [9.17, 15) is 0 Å². The molecule has 2 aliphatic heterocycles. The largest absolute Gasteiger partial charge is 0.473 e. The van der Waals surface area contributed by atoms with Gasteiger partial charge in [-0.05, 0) is 13.0 Å². The van der Waals surface area contributed by atoms with Gasteiger partial charge >= 0.3 is 11.9 Å². The van der Waals surface area contributed by atoms with Crippen LogP contribution in [0.4, 0.5) is 0 Å². The summed E-state index contributed by atoms with van der Waals surface area (Å²) < 4.78 is 0. The fourth-order valence-corrected chi connectivity index (χ4v) is 1.88. The predicted molar refractivity (Wildman–Crippen MR) is 63.4 cm³/mol. The quantitative estimate of drug-likeness (QED) is 0.320. The van der Waals surface area contributed by atoms with Gasteiger partial charge in [-0.2, -0.15) is 0 Å². The maximum atomic E-state index is 9.10. The Labute approximate surface area is 104 Å². The van der Waals surface area contributed by atoms with E-state index in [4.69, 9.17) is 24.6 Å². The Kier molecular flexibility index (Phi) is 5.31. The molecule has 7 heteroatoms. The molecular formula is C11H16N2O5. The van der Waals surface area contributed by atoms with Crippen molar-refractivity contribution in [3.63, 3.8) is 0 Å². The van der Waals surface area contributed by atoms with Crippen molar-refractivity contribution in [3.8, 4) is 0 Å². The van der Waals surface area contributed by atoms with Gasteiger partial charge in [0, 0.05) is 19.0 Å². The second kappa shape index (κ2) is 6.75. The summed E-state index contributed by atoms with van der Waals surface area (Å²) in [6.07, 6.45) is 2.98. The van der Waals surface area contributed by atoms with Crippen LogP contribution in [-0.2, 0) is 14.4 Å². The zero-order valence-electron chi connectivity index (χ0n) is 9.91. The van der Waals surface area contributed by atoms with Crippen LogP contribution in [0.25, 0.3) is 0 Å². The molecule has 2 aliphatic rings. The van der Waals surface area contributed by atoms with E-state index in [2.05, 4.69) is 16.6 Å². The second-order valence-corrected chi connectivity index (χ2v) is 4.00. The third-order valence-electron chi connectivity index (χ3n) is 2.69. The first kappa shape index (κ1) is 14.2. The van der Waals surface area contributed by atoms with E-state index in [-0.39, 0.29) is 0 Å². The van der Waals surface area contributed by atoms with Crippen molar-refractivity contribution >= 4 is 17.7 Å². The van der Waals surface area contributed by atoms with E-state index in [1.807, 2.05) is 0 Å². The minimum Gasteiger partial charge on any atom is -0.473 e. The molecular weight excluding hydrogens is 240 g/mol. The Morgan fingerprint density at radius 1 is 1.50 bits per heavy atom. The predicted octanol–water partition coefficient (Wildman–Crippen LogP) is 0.0361. The number of hydrogen-bond donors (Lipinski definition) is 2. The average molecular weight is 256 g/mol. The lowest BCUT2D eigenvalue weighted by Gasteiger charge is -2.12. The first-order valence-electron chi connectivity index (χ1n) is 5.52. The molecule has 0 aliphatic carbocycles. The van der Waals surface area contributed by atoms with Gasteiger partial charge in [-0.25, -0.2) is 9.59 Å². The summed E-state index contributed by atoms with van der Waals surface area (Å²) in [5.41, 5.74) is 1.23. The van der Waals surface area contributed by atoms with Crippen LogP contribution in [0, 0.1) is 5.92 Å². The molecule has 0 aromatic carbocycles.